The molecule has 470 valence electrons. The number of ether oxygens (including phenoxy) is 7. The molecule has 1 unspecified atom stereocenters. The van der Waals surface area contributed by atoms with Crippen molar-refractivity contribution in [1.82, 2.24) is 10.6 Å². The fourth-order valence-corrected chi connectivity index (χ4v) is 11.5. The predicted molar refractivity (Wildman–Crippen MR) is 320 cm³/mol. The first-order chi connectivity index (χ1) is 40.2. The predicted octanol–water partition coefficient (Wildman–Crippen LogP) is 8.84. The zero-order valence-electron chi connectivity index (χ0n) is 51.5. The number of ketones is 2. The number of epoxide rings is 1. The van der Waals surface area contributed by atoms with Crippen molar-refractivity contribution in [3.8, 4) is 11.5 Å². The van der Waals surface area contributed by atoms with Crippen molar-refractivity contribution in [1.29, 1.82) is 0 Å². The van der Waals surface area contributed by atoms with E-state index in [2.05, 4.69) is 16.0 Å². The average Bonchev–Trinajstić information content (AvgIpc) is 2.91. The summed E-state index contributed by atoms with van der Waals surface area (Å²) in [5.41, 5.74) is 4.95. The molecule has 0 aromatic heterocycles. The number of aliphatic hydroxyl groups is 1. The highest BCUT2D eigenvalue weighted by Gasteiger charge is 2.64. The maximum absolute atomic E-state index is 14.5. The quantitative estimate of drug-likeness (QED) is 0.0254. The number of hydrogen-bond donors (Lipinski definition) is 5. The fourth-order valence-electron chi connectivity index (χ4n) is 11.2. The molecule has 0 radical (unpaired) electrons. The standard InChI is InChI=1S/C63H90ClN5O16/c1-13-41(14-2)59(75)82-38(6)20-15-16-21-44(70)32-45(36(3)4)58(74)68-46(22-18-26-66-60(65)76)48(71)30-42-24-25-43(31-49(42)79-10)67-61(77)84-53-33-54(72)69(9)47-28-40(29-50(80-11)56(47)64)27-37(5)19-17-23-52(81-12)63(78)34-51(83-55(73)35-63)39(7)57-62(53,8)85-57/h17,19,23-25,28-29,31,36,38-39,41,45-46,51-53,57,78H,13-16,18,20-22,26-27,30,32-35H2,1-12H3,(H,67,77)(H,68,74)(H3,65,66,76)/b23-17+,37-19+/t38?,39-,45+,46+,51+,52-,53+,57+,62+,63-/m1/s1. The van der Waals surface area contributed by atoms with Gasteiger partial charge in [0.1, 0.15) is 51.8 Å². The second-order valence-electron chi connectivity index (χ2n) is 23.4. The van der Waals surface area contributed by atoms with Gasteiger partial charge in [-0.25, -0.2) is 9.59 Å². The van der Waals surface area contributed by atoms with Gasteiger partial charge in [0.05, 0.1) is 56.9 Å². The third-order valence-electron chi connectivity index (χ3n) is 16.6. The van der Waals surface area contributed by atoms with Crippen LogP contribution in [0.5, 0.6) is 11.5 Å². The molecule has 3 aliphatic heterocycles. The van der Waals surface area contributed by atoms with Crippen molar-refractivity contribution in [2.45, 2.75) is 193 Å². The Labute approximate surface area is 505 Å². The van der Waals surface area contributed by atoms with Crippen molar-refractivity contribution in [2.24, 2.45) is 29.4 Å². The normalized spacial score (nSPS) is 24.5. The van der Waals surface area contributed by atoms with Crippen LogP contribution in [0.2, 0.25) is 5.02 Å². The lowest BCUT2D eigenvalue weighted by Gasteiger charge is -2.41. The molecule has 3 aliphatic rings. The van der Waals surface area contributed by atoms with Crippen molar-refractivity contribution in [3.05, 3.63) is 70.3 Å². The number of methoxy groups -OCH3 is 3. The molecule has 10 atom stereocenters. The van der Waals surface area contributed by atoms with E-state index in [0.717, 1.165) is 11.1 Å². The molecule has 85 heavy (non-hydrogen) atoms. The molecule has 22 heteroatoms. The first-order valence-corrected chi connectivity index (χ1v) is 29.9. The fraction of sp³-hybridized carbons (Fsp3) is 0.619. The molecule has 3 heterocycles. The number of fused-ring (bicyclic) bond motifs is 5. The van der Waals surface area contributed by atoms with Crippen molar-refractivity contribution in [2.75, 3.05) is 45.1 Å². The minimum atomic E-state index is -1.65. The van der Waals surface area contributed by atoms with Crippen molar-refractivity contribution in [3.63, 3.8) is 0 Å². The van der Waals surface area contributed by atoms with Crippen LogP contribution in [0.3, 0.4) is 0 Å². The largest absolute Gasteiger partial charge is 0.496 e. The number of amides is 5. The molecular formula is C63H90ClN5O16. The lowest BCUT2D eigenvalue weighted by Crippen LogP contribution is -2.53. The number of anilines is 2. The third-order valence-corrected chi connectivity index (χ3v) is 17.0. The minimum absolute atomic E-state index is 0.00372. The topological polar surface area (TPSA) is 290 Å². The highest BCUT2D eigenvalue weighted by Crippen LogP contribution is 2.50. The molecule has 0 saturated carbocycles. The van der Waals surface area contributed by atoms with Gasteiger partial charge in [-0.15, -0.1) is 0 Å². The van der Waals surface area contributed by atoms with Crippen LogP contribution in [0, 0.1) is 23.7 Å². The zero-order chi connectivity index (χ0) is 62.9. The summed E-state index contributed by atoms with van der Waals surface area (Å²) >= 11 is 6.86. The van der Waals surface area contributed by atoms with E-state index in [9.17, 15) is 43.5 Å². The maximum Gasteiger partial charge on any atom is 0.412 e. The highest BCUT2D eigenvalue weighted by molar-refractivity contribution is 6.35. The number of halogens is 1. The Hall–Kier alpha value is -6.55. The Bertz CT molecular complexity index is 2770. The number of carbonyl (C=O) groups excluding carboxylic acids is 8. The van der Waals surface area contributed by atoms with E-state index >= 15 is 0 Å². The van der Waals surface area contributed by atoms with Gasteiger partial charge in [-0.1, -0.05) is 76.1 Å². The summed E-state index contributed by atoms with van der Waals surface area (Å²) in [4.78, 5) is 109. The van der Waals surface area contributed by atoms with Crippen LogP contribution >= 0.6 is 11.6 Å². The van der Waals surface area contributed by atoms with Gasteiger partial charge in [0.2, 0.25) is 11.8 Å². The molecule has 2 aromatic rings. The summed E-state index contributed by atoms with van der Waals surface area (Å²) in [5, 5.41) is 20.3. The number of primary amides is 1. The van der Waals surface area contributed by atoms with E-state index in [0.29, 0.717) is 55.5 Å². The van der Waals surface area contributed by atoms with E-state index in [4.69, 9.17) is 50.5 Å². The molecule has 21 nitrogen and oxygen atoms in total. The van der Waals surface area contributed by atoms with E-state index < -0.39 is 95.6 Å². The van der Waals surface area contributed by atoms with Crippen LogP contribution in [-0.2, 0) is 65.3 Å². The minimum Gasteiger partial charge on any atom is -0.496 e. The van der Waals surface area contributed by atoms with E-state index in [1.807, 2.05) is 47.6 Å². The third kappa shape index (κ3) is 19.2. The summed E-state index contributed by atoms with van der Waals surface area (Å²) in [6.45, 7) is 14.9. The number of allylic oxidation sites excluding steroid dienone is 3. The molecule has 2 saturated heterocycles. The van der Waals surface area contributed by atoms with Gasteiger partial charge in [0.15, 0.2) is 5.78 Å². The number of benzene rings is 2. The molecule has 6 N–H and O–H groups in total. The Morgan fingerprint density at radius 2 is 1.67 bits per heavy atom. The van der Waals surface area contributed by atoms with Gasteiger partial charge in [0.25, 0.3) is 0 Å². The van der Waals surface area contributed by atoms with E-state index in [1.54, 1.807) is 51.2 Å². The Kier molecular flexibility index (Phi) is 25.8. The molecule has 5 amide bonds. The Morgan fingerprint density at radius 1 is 0.965 bits per heavy atom. The molecule has 0 aliphatic carbocycles. The Morgan fingerprint density at radius 3 is 2.32 bits per heavy atom. The van der Waals surface area contributed by atoms with Gasteiger partial charge in [-0.2, -0.15) is 0 Å². The summed E-state index contributed by atoms with van der Waals surface area (Å²) in [6.07, 6.45) is 3.62. The second-order valence-corrected chi connectivity index (χ2v) is 23.8. The highest BCUT2D eigenvalue weighted by atomic mass is 35.5. The number of urea groups is 1. The molecule has 2 aromatic carbocycles. The number of Topliss-reactive ketones (excluding diaryl/α,β-unsaturated/α-hetero) is 2. The monoisotopic (exact) mass is 1210 g/mol. The summed E-state index contributed by atoms with van der Waals surface area (Å²) in [5.74, 6) is -3.48. The van der Waals surface area contributed by atoms with Crippen LogP contribution in [0.15, 0.2) is 54.1 Å². The SMILES string of the molecule is CCC(CC)C(=O)OC(C)CCCCC(=O)C[C@H](C(=O)N[C@@H](CCCNC(N)=O)C(=O)Cc1ccc(NC(=O)O[C@H]2CC(=O)N(C)c3cc(cc(OC)c3Cl)C/C(C)=C/C=C/[C@@H](OC)[C@]3(O)CC(=O)O[C@@H](C3)[C@@H](C)[C@@H]3O[C@@]23C)cc1OC)C(C)C. The molecular weight excluding hydrogens is 1120 g/mol. The number of nitrogens with one attached hydrogen (secondary N) is 3. The summed E-state index contributed by atoms with van der Waals surface area (Å²) in [6, 6.07) is 6.36. The Balaban J connectivity index is 1.33. The number of nitrogens with two attached hydrogens (primary N) is 1. The lowest BCUT2D eigenvalue weighted by atomic mass is 9.78. The maximum atomic E-state index is 14.5. The van der Waals surface area contributed by atoms with Gasteiger partial charge in [-0.3, -0.25) is 34.1 Å². The number of unbranched alkanes of at least 4 members (excludes halogenated alkanes) is 1. The summed E-state index contributed by atoms with van der Waals surface area (Å²) < 4.78 is 41.0. The molecule has 0 spiro atoms. The molecule has 5 rings (SSSR count). The van der Waals surface area contributed by atoms with Crippen LogP contribution in [0.4, 0.5) is 21.0 Å². The first kappa shape index (κ1) is 69.2. The smallest absolute Gasteiger partial charge is 0.412 e. The van der Waals surface area contributed by atoms with Crippen molar-refractivity contribution >= 4 is 70.4 Å². The number of rotatable bonds is 26. The van der Waals surface area contributed by atoms with Crippen LogP contribution < -0.4 is 36.1 Å². The number of esters is 2. The lowest BCUT2D eigenvalue weighted by molar-refractivity contribution is -0.187. The first-order valence-electron chi connectivity index (χ1n) is 29.5. The number of nitrogens with zero attached hydrogens (tertiary/aromatic N) is 1. The van der Waals surface area contributed by atoms with Crippen LogP contribution in [-0.4, -0.2) is 135 Å². The van der Waals surface area contributed by atoms with Gasteiger partial charge >= 0.3 is 24.1 Å². The van der Waals surface area contributed by atoms with Gasteiger partial charge in [-0.05, 0) is 102 Å². The zero-order valence-corrected chi connectivity index (χ0v) is 52.2. The van der Waals surface area contributed by atoms with E-state index in [1.165, 1.54) is 38.4 Å². The number of carbonyl (C=O) groups is 8. The van der Waals surface area contributed by atoms with Gasteiger partial charge < -0.3 is 59.5 Å². The van der Waals surface area contributed by atoms with E-state index in [-0.39, 0.29) is 97.6 Å². The average molecular weight is 1210 g/mol. The second kappa shape index (κ2) is 31.7. The van der Waals surface area contributed by atoms with Crippen molar-refractivity contribution < 1.29 is 76.6 Å². The van der Waals surface area contributed by atoms with Crippen LogP contribution in [0.1, 0.15) is 144 Å². The summed E-state index contributed by atoms with van der Waals surface area (Å²) in [7, 11) is 5.86. The number of hydrogen-bond acceptors (Lipinski definition) is 16. The van der Waals surface area contributed by atoms with Gasteiger partial charge in [0, 0.05) is 75.5 Å². The molecule has 2 fully saturated rings. The molecule has 4 bridgehead atoms. The van der Waals surface area contributed by atoms with Crippen LogP contribution in [0.25, 0.3) is 0 Å².